The lowest BCUT2D eigenvalue weighted by molar-refractivity contribution is -0.0913. The molecule has 8 atom stereocenters. The Labute approximate surface area is 228 Å². The molecule has 13 nitrogen and oxygen atoms in total. The van der Waals surface area contributed by atoms with Gasteiger partial charge >= 0.3 is 7.67 Å². The third-order valence-electron chi connectivity index (χ3n) is 6.96. The molecule has 3 heterocycles. The molecule has 8 unspecified atom stereocenters. The molecule has 0 bridgehead atoms. The Balaban J connectivity index is 1.68. The topological polar surface area (TPSA) is 117 Å². The van der Waals surface area contributed by atoms with E-state index in [2.05, 4.69) is 22.7 Å². The standard InChI is InChI=1S/C23H50N6O7P2/c1-18-9-26(7)13-22(35-18)15-32-37(30,17-24-5)28-10-21(4)36-23(14-28)16-33-38(31,27(8)25-6)29-11-19(2)34-20(3)12-29/h18-25H,9-17H2,1-8H3. The van der Waals surface area contributed by atoms with Gasteiger partial charge in [-0.1, -0.05) is 0 Å². The van der Waals surface area contributed by atoms with Gasteiger partial charge in [-0.2, -0.15) is 4.78 Å². The van der Waals surface area contributed by atoms with Crippen LogP contribution in [0.2, 0.25) is 0 Å². The molecule has 224 valence electrons. The van der Waals surface area contributed by atoms with Gasteiger partial charge in [0, 0.05) is 46.3 Å². The normalized spacial score (nSPS) is 35.7. The quantitative estimate of drug-likeness (QED) is 0.255. The minimum Gasteiger partial charge on any atom is -0.373 e. The molecule has 3 saturated heterocycles. The van der Waals surface area contributed by atoms with Crippen LogP contribution in [-0.2, 0) is 32.4 Å². The Morgan fingerprint density at radius 1 is 0.789 bits per heavy atom. The molecule has 0 aromatic heterocycles. The summed E-state index contributed by atoms with van der Waals surface area (Å²) in [5.41, 5.74) is 2.96. The van der Waals surface area contributed by atoms with E-state index in [0.717, 1.165) is 13.1 Å². The van der Waals surface area contributed by atoms with Crippen LogP contribution in [0.25, 0.3) is 0 Å². The molecule has 3 fully saturated rings. The summed E-state index contributed by atoms with van der Waals surface area (Å²) < 4.78 is 63.8. The van der Waals surface area contributed by atoms with Crippen LogP contribution in [0, 0.1) is 0 Å². The van der Waals surface area contributed by atoms with Crippen molar-refractivity contribution in [3.8, 4) is 0 Å². The highest BCUT2D eigenvalue weighted by atomic mass is 31.2. The van der Waals surface area contributed by atoms with E-state index in [0.29, 0.717) is 26.2 Å². The minimum atomic E-state index is -3.42. The predicted octanol–water partition coefficient (Wildman–Crippen LogP) is 1.48. The van der Waals surface area contributed by atoms with Gasteiger partial charge in [0.2, 0.25) is 0 Å². The summed E-state index contributed by atoms with van der Waals surface area (Å²) in [7, 11) is 0.582. The molecule has 0 aliphatic carbocycles. The first-order valence-electron chi connectivity index (χ1n) is 13.6. The summed E-state index contributed by atoms with van der Waals surface area (Å²) in [4.78, 5) is 2.20. The van der Waals surface area contributed by atoms with Crippen LogP contribution in [0.4, 0.5) is 0 Å². The Morgan fingerprint density at radius 3 is 1.89 bits per heavy atom. The van der Waals surface area contributed by atoms with Crippen LogP contribution in [0.15, 0.2) is 0 Å². The van der Waals surface area contributed by atoms with E-state index >= 15 is 0 Å². The summed E-state index contributed by atoms with van der Waals surface area (Å²) in [6.07, 6.45) is -0.610. The summed E-state index contributed by atoms with van der Waals surface area (Å²) in [5, 5.41) is 3.04. The van der Waals surface area contributed by atoms with Gasteiger partial charge in [-0.3, -0.25) is 9.13 Å². The lowest BCUT2D eigenvalue weighted by Crippen LogP contribution is -2.50. The molecular weight excluding hydrogens is 534 g/mol. The minimum absolute atomic E-state index is 0.0668. The van der Waals surface area contributed by atoms with Gasteiger partial charge in [0.1, 0.15) is 0 Å². The molecule has 15 heteroatoms. The van der Waals surface area contributed by atoms with E-state index in [9.17, 15) is 9.13 Å². The Hall–Kier alpha value is 0.0200. The fourth-order valence-corrected chi connectivity index (χ4v) is 9.74. The molecule has 0 radical (unpaired) electrons. The molecule has 0 aromatic carbocycles. The van der Waals surface area contributed by atoms with Crippen LogP contribution < -0.4 is 10.7 Å². The number of nitrogens with one attached hydrogen (secondary N) is 2. The van der Waals surface area contributed by atoms with Gasteiger partial charge in [0.15, 0.2) is 0 Å². The second kappa shape index (κ2) is 14.3. The van der Waals surface area contributed by atoms with Crippen molar-refractivity contribution in [3.63, 3.8) is 0 Å². The molecule has 0 saturated carbocycles. The molecule has 0 spiro atoms. The van der Waals surface area contributed by atoms with E-state index in [4.69, 9.17) is 23.3 Å². The number of hydrogen-bond donors (Lipinski definition) is 2. The maximum atomic E-state index is 14.2. The summed E-state index contributed by atoms with van der Waals surface area (Å²) in [6.45, 7) is 11.6. The van der Waals surface area contributed by atoms with Gasteiger partial charge in [-0.15, -0.1) is 0 Å². The monoisotopic (exact) mass is 584 g/mol. The van der Waals surface area contributed by atoms with E-state index in [-0.39, 0.29) is 50.0 Å². The fourth-order valence-electron chi connectivity index (χ4n) is 5.38. The molecule has 2 N–H and O–H groups in total. The van der Waals surface area contributed by atoms with Crippen molar-refractivity contribution in [1.29, 1.82) is 0 Å². The number of morpholine rings is 3. The zero-order valence-electron chi connectivity index (χ0n) is 24.4. The number of nitrogens with zero attached hydrogens (tertiary/aromatic N) is 4. The Morgan fingerprint density at radius 2 is 1.32 bits per heavy atom. The smallest absolute Gasteiger partial charge is 0.359 e. The highest BCUT2D eigenvalue weighted by Gasteiger charge is 2.43. The van der Waals surface area contributed by atoms with Crippen LogP contribution in [0.3, 0.4) is 0 Å². The third kappa shape index (κ3) is 8.52. The maximum Gasteiger partial charge on any atom is 0.359 e. The summed E-state index contributed by atoms with van der Waals surface area (Å²) >= 11 is 0. The SMILES string of the molecule is CNCP(=O)(OCC1CN(C)CC(C)O1)N1CC(C)OC(COP(=O)(N2CC(C)OC(C)C2)N(C)NC)C1. The highest BCUT2D eigenvalue weighted by Crippen LogP contribution is 2.54. The summed E-state index contributed by atoms with van der Waals surface area (Å²) in [6, 6.07) is 0. The van der Waals surface area contributed by atoms with Crippen molar-refractivity contribution in [2.24, 2.45) is 0 Å². The van der Waals surface area contributed by atoms with Gasteiger partial charge in [-0.25, -0.2) is 14.8 Å². The fraction of sp³-hybridized carbons (Fsp3) is 1.00. The highest BCUT2D eigenvalue weighted by molar-refractivity contribution is 7.56. The van der Waals surface area contributed by atoms with Crippen LogP contribution in [0.5, 0.6) is 0 Å². The van der Waals surface area contributed by atoms with Crippen molar-refractivity contribution in [2.45, 2.75) is 64.3 Å². The molecule has 3 rings (SSSR count). The summed E-state index contributed by atoms with van der Waals surface area (Å²) in [5.74, 6) is 0. The second-order valence-corrected chi connectivity index (χ2v) is 15.7. The number of hydrogen-bond acceptors (Lipinski definition) is 10. The van der Waals surface area contributed by atoms with Crippen LogP contribution in [0.1, 0.15) is 27.7 Å². The largest absolute Gasteiger partial charge is 0.373 e. The van der Waals surface area contributed by atoms with Crippen molar-refractivity contribution < 1.29 is 32.4 Å². The van der Waals surface area contributed by atoms with Crippen molar-refractivity contribution in [3.05, 3.63) is 0 Å². The van der Waals surface area contributed by atoms with Gasteiger partial charge in [-0.05, 0) is 48.8 Å². The van der Waals surface area contributed by atoms with E-state index in [1.807, 2.05) is 37.0 Å². The van der Waals surface area contributed by atoms with Gasteiger partial charge in [0.25, 0.3) is 7.52 Å². The van der Waals surface area contributed by atoms with Crippen LogP contribution in [-0.4, -0.2) is 143 Å². The molecular formula is C23H50N6O7P2. The Bertz CT molecular complexity index is 824. The molecule has 38 heavy (non-hydrogen) atoms. The zero-order valence-corrected chi connectivity index (χ0v) is 26.2. The average Bonchev–Trinajstić information content (AvgIpc) is 2.84. The lowest BCUT2D eigenvalue weighted by atomic mass is 10.2. The van der Waals surface area contributed by atoms with E-state index < -0.39 is 21.3 Å². The first-order chi connectivity index (χ1) is 17.9. The molecule has 3 aliphatic heterocycles. The average molecular weight is 585 g/mol. The van der Waals surface area contributed by atoms with Gasteiger partial charge in [0.05, 0.1) is 56.1 Å². The molecule has 0 aromatic rings. The number of ether oxygens (including phenoxy) is 3. The van der Waals surface area contributed by atoms with Crippen LogP contribution >= 0.6 is 15.2 Å². The molecule has 0 amide bonds. The second-order valence-electron chi connectivity index (χ2n) is 10.8. The first kappa shape index (κ1) is 32.5. The maximum absolute atomic E-state index is 14.2. The number of rotatable bonds is 12. The third-order valence-corrected chi connectivity index (χ3v) is 11.9. The van der Waals surface area contributed by atoms with Crippen molar-refractivity contribution in [2.75, 3.05) is 87.0 Å². The molecule has 3 aliphatic rings. The number of likely N-dealkylation sites (N-methyl/N-ethyl adjacent to an activating group) is 1. The van der Waals surface area contributed by atoms with Gasteiger partial charge < -0.3 is 33.5 Å². The van der Waals surface area contributed by atoms with E-state index in [1.54, 1.807) is 21.1 Å². The van der Waals surface area contributed by atoms with E-state index in [1.165, 1.54) is 4.78 Å². The van der Waals surface area contributed by atoms with Crippen molar-refractivity contribution >= 4 is 15.2 Å². The predicted molar refractivity (Wildman–Crippen MR) is 147 cm³/mol. The Kier molecular flexibility index (Phi) is 12.2. The lowest BCUT2D eigenvalue weighted by Gasteiger charge is -2.43. The zero-order chi connectivity index (χ0) is 28.1. The number of hydrazine groups is 1. The first-order valence-corrected chi connectivity index (χ1v) is 16.9. The van der Waals surface area contributed by atoms with Crippen molar-refractivity contribution in [1.82, 2.24) is 29.8 Å².